The van der Waals surface area contributed by atoms with Crippen molar-refractivity contribution in [3.05, 3.63) is 164 Å². The summed E-state index contributed by atoms with van der Waals surface area (Å²) in [7, 11) is -4.35. The molecule has 1 aromatic heterocycles. The van der Waals surface area contributed by atoms with Gasteiger partial charge in [-0.05, 0) is 281 Å². The van der Waals surface area contributed by atoms with Crippen LogP contribution in [0.4, 0.5) is 5.82 Å². The van der Waals surface area contributed by atoms with Crippen LogP contribution in [-0.2, 0) is 9.09 Å². The van der Waals surface area contributed by atoms with Gasteiger partial charge in [0.25, 0.3) is 0 Å². The van der Waals surface area contributed by atoms with Gasteiger partial charge < -0.3 is 15.1 Å². The minimum atomic E-state index is -4.35. The highest BCUT2D eigenvalue weighted by Gasteiger charge is 2.13. The zero-order valence-electron chi connectivity index (χ0n) is 53.6. The highest BCUT2D eigenvalue weighted by atomic mass is 31.2. The van der Waals surface area contributed by atoms with Crippen LogP contribution in [0.2, 0.25) is 0 Å². The standard InChI is InChI=1S/C73H119N2O4P/c1-60(31-17-33-62(3)35-19-37-64(5)39-21-41-66(7)43-23-45-68(9)47-25-49-70(11)51-27-53-72(13)55-29-59-79-80(76,77)78)30-16-32-61(2)34-18-36-63(4)38-20-40-65(6)42-22-44-67(8)46-24-48-69(10)50-26-52-71(12)54-28-58-75-73-56-14-15-57-74-73/h14-15,31-32,35-36,39-40,43-44,47-48,51-52,56-57,72H,16-30,33-34,37-38,41-42,45-46,49-50,53-55,58-59H2,1-13H3,(H,74,75)(H2,76,77,78)/b60-31+,61-32+,62-35+,63-36+,64-39+,65-40+,66-43+,67-44+,68-47+,69-48+,70-51+,71-52+. The average Bonchev–Trinajstić information content (AvgIpc) is 3.39. The molecule has 0 aliphatic carbocycles. The van der Waals surface area contributed by atoms with Crippen molar-refractivity contribution in [2.24, 2.45) is 5.92 Å². The summed E-state index contributed by atoms with van der Waals surface area (Å²) < 4.78 is 15.4. The van der Waals surface area contributed by atoms with Crippen LogP contribution >= 0.6 is 7.82 Å². The summed E-state index contributed by atoms with van der Waals surface area (Å²) in [6.45, 7) is 30.7. The molecule has 1 aromatic rings. The maximum Gasteiger partial charge on any atom is 0.469 e. The maximum absolute atomic E-state index is 10.8. The monoisotopic (exact) mass is 1120 g/mol. The first-order valence-electron chi connectivity index (χ1n) is 31.4. The van der Waals surface area contributed by atoms with Crippen LogP contribution in [0.1, 0.15) is 270 Å². The smallest absolute Gasteiger partial charge is 0.370 e. The Morgan fingerprint density at radius 2 is 0.700 bits per heavy atom. The number of hydrogen-bond acceptors (Lipinski definition) is 4. The Morgan fingerprint density at radius 1 is 0.425 bits per heavy atom. The number of rotatable bonds is 46. The van der Waals surface area contributed by atoms with Gasteiger partial charge in [-0.3, -0.25) is 4.52 Å². The summed E-state index contributed by atoms with van der Waals surface area (Å²) in [5, 5.41) is 3.40. The van der Waals surface area contributed by atoms with Gasteiger partial charge in [0.2, 0.25) is 0 Å². The molecule has 0 bridgehead atoms. The Hall–Kier alpha value is -4.06. The van der Waals surface area contributed by atoms with E-state index in [4.69, 9.17) is 9.79 Å². The van der Waals surface area contributed by atoms with Crippen molar-refractivity contribution in [2.75, 3.05) is 18.5 Å². The molecule has 1 rings (SSSR count). The highest BCUT2D eigenvalue weighted by molar-refractivity contribution is 7.46. The van der Waals surface area contributed by atoms with Crippen molar-refractivity contribution in [1.29, 1.82) is 0 Å². The summed E-state index contributed by atoms with van der Waals surface area (Å²) in [5.74, 6) is 1.48. The molecule has 1 heterocycles. The Kier molecular flexibility index (Phi) is 43.8. The second kappa shape index (κ2) is 47.4. The van der Waals surface area contributed by atoms with Crippen LogP contribution in [0, 0.1) is 5.92 Å². The predicted octanol–water partition coefficient (Wildman–Crippen LogP) is 23.5. The van der Waals surface area contributed by atoms with E-state index in [-0.39, 0.29) is 6.61 Å². The molecule has 0 radical (unpaired) electrons. The number of nitrogens with one attached hydrogen (secondary N) is 1. The first-order valence-corrected chi connectivity index (χ1v) is 33.0. The quantitative estimate of drug-likeness (QED) is 0.0342. The lowest BCUT2D eigenvalue weighted by Crippen LogP contribution is -2.02. The molecule has 0 fully saturated rings. The summed E-state index contributed by atoms with van der Waals surface area (Å²) in [6, 6.07) is 5.99. The van der Waals surface area contributed by atoms with Gasteiger partial charge >= 0.3 is 7.82 Å². The minimum Gasteiger partial charge on any atom is -0.370 e. The van der Waals surface area contributed by atoms with Crippen molar-refractivity contribution in [2.45, 2.75) is 270 Å². The van der Waals surface area contributed by atoms with Crippen LogP contribution in [0.3, 0.4) is 0 Å². The number of hydrogen-bond donors (Lipinski definition) is 3. The van der Waals surface area contributed by atoms with Gasteiger partial charge in [-0.25, -0.2) is 9.55 Å². The van der Waals surface area contributed by atoms with Gasteiger partial charge in [0.1, 0.15) is 5.82 Å². The van der Waals surface area contributed by atoms with E-state index in [1.165, 1.54) is 66.9 Å². The number of phosphoric ester groups is 1. The van der Waals surface area contributed by atoms with Gasteiger partial charge in [0.15, 0.2) is 0 Å². The SMILES string of the molecule is C/C(=C\CC/C(C)=C/CC/C(C)=C/CC/C(C)=C/CC/C(C)=C/CC/C(C)=C/CCC(C)CCCOP(=O)(O)O)CC/C=C(\C)CC/C=C(\C)CC/C=C(\C)CC/C=C(\C)CC/C=C(\C)CC/C=C(\C)CCCNc1ccccn1. The van der Waals surface area contributed by atoms with Gasteiger partial charge in [0, 0.05) is 12.7 Å². The number of aromatic nitrogens is 1. The molecule has 0 saturated carbocycles. The van der Waals surface area contributed by atoms with Crippen LogP contribution < -0.4 is 5.32 Å². The molecule has 3 N–H and O–H groups in total. The number of anilines is 1. The summed E-state index contributed by atoms with van der Waals surface area (Å²) >= 11 is 0. The number of pyridine rings is 1. The van der Waals surface area contributed by atoms with Crippen LogP contribution in [-0.4, -0.2) is 27.9 Å². The minimum absolute atomic E-state index is 0.117. The normalized spacial score (nSPS) is 15.1. The first-order chi connectivity index (χ1) is 38.2. The molecule has 0 aliphatic heterocycles. The van der Waals surface area contributed by atoms with Crippen LogP contribution in [0.25, 0.3) is 0 Å². The third kappa shape index (κ3) is 47.6. The Labute approximate surface area is 493 Å². The molecule has 0 saturated heterocycles. The molecular weight excluding hydrogens is 1000 g/mol. The Balaban J connectivity index is 2.20. The van der Waals surface area contributed by atoms with Gasteiger partial charge in [-0.15, -0.1) is 0 Å². The van der Waals surface area contributed by atoms with E-state index in [2.05, 4.69) is 178 Å². The highest BCUT2D eigenvalue weighted by Crippen LogP contribution is 2.36. The van der Waals surface area contributed by atoms with Crippen LogP contribution in [0.5, 0.6) is 0 Å². The fraction of sp³-hybridized carbons (Fsp3) is 0.603. The van der Waals surface area contributed by atoms with Crippen molar-refractivity contribution in [3.8, 4) is 0 Å². The number of allylic oxidation sites excluding steroid dienone is 24. The molecule has 0 amide bonds. The third-order valence-corrected chi connectivity index (χ3v) is 15.8. The predicted molar refractivity (Wildman–Crippen MR) is 354 cm³/mol. The molecule has 0 aromatic carbocycles. The van der Waals surface area contributed by atoms with E-state index in [1.54, 1.807) is 0 Å². The van der Waals surface area contributed by atoms with Crippen LogP contribution in [0.15, 0.2) is 164 Å². The lowest BCUT2D eigenvalue weighted by molar-refractivity contribution is 0.190. The second-order valence-electron chi connectivity index (χ2n) is 23.9. The van der Waals surface area contributed by atoms with E-state index in [9.17, 15) is 4.57 Å². The zero-order chi connectivity index (χ0) is 59.2. The number of nitrogens with zero attached hydrogens (tertiary/aromatic N) is 1. The fourth-order valence-electron chi connectivity index (χ4n) is 9.66. The summed E-state index contributed by atoms with van der Waals surface area (Å²) in [5.41, 5.74) is 18.0. The molecule has 1 unspecified atom stereocenters. The van der Waals surface area contributed by atoms with E-state index in [0.29, 0.717) is 12.3 Å². The number of phosphoric acid groups is 1. The van der Waals surface area contributed by atoms with Crippen molar-refractivity contribution < 1.29 is 18.9 Å². The van der Waals surface area contributed by atoms with E-state index in [0.717, 1.165) is 186 Å². The molecule has 1 atom stereocenters. The third-order valence-electron chi connectivity index (χ3n) is 15.3. The average molecular weight is 1120 g/mol. The van der Waals surface area contributed by atoms with E-state index < -0.39 is 7.82 Å². The Morgan fingerprint density at radius 3 is 0.963 bits per heavy atom. The first kappa shape index (κ1) is 74.0. The van der Waals surface area contributed by atoms with Crippen molar-refractivity contribution in [1.82, 2.24) is 4.98 Å². The van der Waals surface area contributed by atoms with E-state index in [1.807, 2.05) is 24.4 Å². The van der Waals surface area contributed by atoms with Crippen molar-refractivity contribution >= 4 is 13.6 Å². The molecule has 0 aliphatic rings. The largest absolute Gasteiger partial charge is 0.469 e. The molecule has 80 heavy (non-hydrogen) atoms. The van der Waals surface area contributed by atoms with E-state index >= 15 is 0 Å². The second-order valence-corrected chi connectivity index (χ2v) is 25.2. The Bertz CT molecular complexity index is 2270. The topological polar surface area (TPSA) is 91.7 Å². The molecule has 450 valence electrons. The molecule has 0 spiro atoms. The summed E-state index contributed by atoms with van der Waals surface area (Å²) in [4.78, 5) is 21.9. The maximum atomic E-state index is 10.8. The molecular formula is C73H119N2O4P. The van der Waals surface area contributed by atoms with Crippen molar-refractivity contribution in [3.63, 3.8) is 0 Å². The fourth-order valence-corrected chi connectivity index (χ4v) is 10.0. The van der Waals surface area contributed by atoms with Gasteiger partial charge in [-0.1, -0.05) is 153 Å². The molecule has 7 heteroatoms. The lowest BCUT2D eigenvalue weighted by atomic mass is 9.98. The lowest BCUT2D eigenvalue weighted by Gasteiger charge is -2.10. The zero-order valence-corrected chi connectivity index (χ0v) is 54.5. The van der Waals surface area contributed by atoms with Gasteiger partial charge in [-0.2, -0.15) is 0 Å². The molecule has 6 nitrogen and oxygen atoms in total. The van der Waals surface area contributed by atoms with Gasteiger partial charge in [0.05, 0.1) is 6.61 Å². The summed E-state index contributed by atoms with van der Waals surface area (Å²) in [6.07, 6.45) is 62.2.